The van der Waals surface area contributed by atoms with Gasteiger partial charge in [0.1, 0.15) is 10.0 Å². The molecule has 0 radical (unpaired) electrons. The molecule has 0 fully saturated rings. The van der Waals surface area contributed by atoms with Crippen molar-refractivity contribution in [3.63, 3.8) is 0 Å². The number of ether oxygens (including phenoxy) is 4. The first-order valence-electron chi connectivity index (χ1n) is 12.7. The topological polar surface area (TPSA) is 253 Å². The number of aryl methyl sites for hydroxylation is 1. The van der Waals surface area contributed by atoms with Crippen molar-refractivity contribution in [1.29, 1.82) is 0 Å². The van der Waals surface area contributed by atoms with Crippen molar-refractivity contribution in [3.8, 4) is 0 Å². The number of nitrogens with one attached hydrogen (secondary N) is 1. The first-order chi connectivity index (χ1) is 22.6. The van der Waals surface area contributed by atoms with E-state index >= 15 is 0 Å². The Morgan fingerprint density at radius 1 is 1.00 bits per heavy atom. The van der Waals surface area contributed by atoms with Gasteiger partial charge in [0, 0.05) is 0 Å². The van der Waals surface area contributed by atoms with E-state index < -0.39 is 35.9 Å². The summed E-state index contributed by atoms with van der Waals surface area (Å²) >= 11 is 9.90. The van der Waals surface area contributed by atoms with E-state index in [9.17, 15) is 24.0 Å². The number of hydrogen-bond donors (Lipinski definition) is 4. The summed E-state index contributed by atoms with van der Waals surface area (Å²) in [5, 5.41) is 14.0. The molecule has 48 heavy (non-hydrogen) atoms. The number of nitrogen functional groups attached to an aromatic ring is 2. The molecule has 266 valence electrons. The monoisotopic (exact) mass is 1090 g/mol. The molecule has 2 aromatic heterocycles. The molecule has 2 rings (SSSR count). The van der Waals surface area contributed by atoms with Crippen molar-refractivity contribution in [2.45, 2.75) is 40.8 Å². The van der Waals surface area contributed by atoms with Crippen LogP contribution in [0.1, 0.15) is 53.7 Å². The van der Waals surface area contributed by atoms with Gasteiger partial charge in [-0.1, -0.05) is 6.57 Å². The summed E-state index contributed by atoms with van der Waals surface area (Å²) in [6, 6.07) is 0. The first-order valence-corrected chi connectivity index (χ1v) is 27.9. The molecule has 0 aliphatic carbocycles. The van der Waals surface area contributed by atoms with Gasteiger partial charge in [0.05, 0.1) is 42.1 Å². The van der Waals surface area contributed by atoms with Crippen LogP contribution in [-0.4, -0.2) is 83.9 Å². The zero-order chi connectivity index (χ0) is 37.7. The number of aromatic nitrogens is 2. The summed E-state index contributed by atoms with van der Waals surface area (Å²) in [6.07, 6.45) is -0.910. The number of thiazole rings is 2. The summed E-state index contributed by atoms with van der Waals surface area (Å²) in [5.41, 5.74) is 12.9. The van der Waals surface area contributed by atoms with Crippen LogP contribution >= 0.6 is 82.6 Å². The summed E-state index contributed by atoms with van der Waals surface area (Å²) < 4.78 is 18.3. The Morgan fingerprint density at radius 3 is 1.83 bits per heavy atom. The second kappa shape index (κ2) is 31.7. The van der Waals surface area contributed by atoms with E-state index in [0.717, 1.165) is 5.01 Å². The van der Waals surface area contributed by atoms with Gasteiger partial charge >= 0.3 is 101 Å². The van der Waals surface area contributed by atoms with E-state index in [1.54, 1.807) is 34.6 Å². The van der Waals surface area contributed by atoms with E-state index in [2.05, 4.69) is 94.2 Å². The molecule has 24 heteroatoms. The molecule has 0 aromatic carbocycles. The van der Waals surface area contributed by atoms with Gasteiger partial charge in [0.25, 0.3) is 0 Å². The number of nitrogens with two attached hydrogens (primary N) is 2. The van der Waals surface area contributed by atoms with Crippen LogP contribution < -0.4 is 16.8 Å². The average molecular weight is 1090 g/mol. The first kappa shape index (κ1) is 49.8. The van der Waals surface area contributed by atoms with Gasteiger partial charge in [-0.05, 0) is 34.6 Å². The zero-order valence-electron chi connectivity index (χ0n) is 26.0. The van der Waals surface area contributed by atoms with Gasteiger partial charge in [-0.25, -0.2) is 30.9 Å². The number of halogens is 3. The summed E-state index contributed by atoms with van der Waals surface area (Å²) in [6.45, 7) is 22.3. The molecule has 0 spiro atoms. The van der Waals surface area contributed by atoms with E-state index in [4.69, 9.17) is 39.3 Å². The van der Waals surface area contributed by atoms with Crippen LogP contribution in [0.3, 0.4) is 0 Å². The fourth-order valence-corrected chi connectivity index (χ4v) is 3.34. The number of amidine groups is 1. The van der Waals surface area contributed by atoms with Crippen molar-refractivity contribution in [1.82, 2.24) is 15.3 Å². The van der Waals surface area contributed by atoms with Crippen molar-refractivity contribution >= 4 is 129 Å². The summed E-state index contributed by atoms with van der Waals surface area (Å²) in [7, 11) is 0. The predicted octanol–water partition coefficient (Wildman–Crippen LogP) is 4.56. The maximum atomic E-state index is 11.1. The third-order valence-corrected chi connectivity index (χ3v) is 5.27. The molecule has 0 aliphatic heterocycles. The summed E-state index contributed by atoms with van der Waals surface area (Å²) in [5.74, 6) is -3.18. The third-order valence-electron chi connectivity index (χ3n) is 3.82. The Kier molecular flexibility index (Phi) is 32.9. The van der Waals surface area contributed by atoms with Gasteiger partial charge < -0.3 is 40.5 Å². The quantitative estimate of drug-likeness (QED) is 0.0309. The van der Waals surface area contributed by atoms with Gasteiger partial charge in [-0.3, -0.25) is 19.8 Å². The molecule has 1 amide bonds. The Morgan fingerprint density at radius 2 is 1.50 bits per heavy atom. The van der Waals surface area contributed by atoms with Crippen LogP contribution in [0.25, 0.3) is 9.69 Å². The van der Waals surface area contributed by atoms with E-state index in [1.807, 2.05) is 5.32 Å². The van der Waals surface area contributed by atoms with Gasteiger partial charge in [-0.15, -0.1) is 22.7 Å². The number of rotatable bonds is 9. The molecule has 0 saturated heterocycles. The molecule has 0 aliphatic rings. The average Bonchev–Trinajstić information content (AvgIpc) is 3.61. The van der Waals surface area contributed by atoms with Crippen LogP contribution in [0, 0.1) is 20.1 Å². The standard InChI is InChI=1S/C7H10N2O2S.C6H8N2O3.C6H8N2O2S.C5H6N2O3.3HI.V/c1-3-11-7(10)5-6(8)12-4(2)9-5;1-3-11-6(10)5(7-2)8-4-9;1-2-10-6(9)4-5(7)11-3-8-4;1-3-10-5(8)4(6-2)7-9;;;;/h3,8H2,1-2H3;4-5H,3H2,1H3,(H,8,9);3H,2,7H2,1H3;9H,3H2,1H3;3*1H;/q;;;;;;;+3/p-3/b;;;7-4-;;;;. The normalized spacial score (nSPS) is 10.0. The Balaban J connectivity index is -0.000000543. The molecule has 2 aromatic rings. The van der Waals surface area contributed by atoms with E-state index in [0.29, 0.717) is 29.6 Å². The van der Waals surface area contributed by atoms with Gasteiger partial charge in [-0.2, -0.15) is 0 Å². The van der Waals surface area contributed by atoms with Crippen molar-refractivity contribution in [2.24, 2.45) is 5.16 Å². The predicted molar refractivity (Wildman–Crippen MR) is 200 cm³/mol. The number of esters is 4. The molecular formula is C24H32I3N8O10S2V. The number of nitrogens with zero attached hydrogens (tertiary/aromatic N) is 5. The number of oxime groups is 1. The fourth-order valence-electron chi connectivity index (χ4n) is 2.14. The minimum atomic E-state index is -1.20. The van der Waals surface area contributed by atoms with Gasteiger partial charge in [0.15, 0.2) is 11.4 Å². The molecule has 1 unspecified atom stereocenters. The second-order valence-electron chi connectivity index (χ2n) is 6.97. The Bertz CT molecular complexity index is 1400. The maximum absolute atomic E-state index is 11.1. The Hall–Kier alpha value is -2.57. The van der Waals surface area contributed by atoms with Gasteiger partial charge in [0.2, 0.25) is 6.41 Å². The number of anilines is 2. The number of carbonyl (C=O) groups excluding carboxylic acids is 5. The molecule has 1 atom stereocenters. The van der Waals surface area contributed by atoms with Crippen LogP contribution in [0.5, 0.6) is 0 Å². The molecule has 2 heterocycles. The Labute approximate surface area is 322 Å². The summed E-state index contributed by atoms with van der Waals surface area (Å²) in [4.78, 5) is 65.9. The van der Waals surface area contributed by atoms with Crippen molar-refractivity contribution in [2.75, 3.05) is 37.9 Å². The van der Waals surface area contributed by atoms with Crippen molar-refractivity contribution < 1.29 is 53.0 Å². The minimum absolute atomic E-state index is 0.160. The molecular weight excluding hydrogens is 1060 g/mol. The van der Waals surface area contributed by atoms with E-state index in [1.165, 1.54) is 28.2 Å². The number of hydrogen-bond acceptors (Lipinski definition) is 17. The van der Waals surface area contributed by atoms with Crippen LogP contribution in [0.15, 0.2) is 10.7 Å². The zero-order valence-corrected chi connectivity index (χ0v) is 35.5. The van der Waals surface area contributed by atoms with E-state index in [-0.39, 0.29) is 29.5 Å². The number of carbonyl (C=O) groups is 5. The third kappa shape index (κ3) is 24.6. The molecule has 6 N–H and O–H groups in total. The van der Waals surface area contributed by atoms with Crippen molar-refractivity contribution in [3.05, 3.63) is 44.7 Å². The second-order valence-corrected chi connectivity index (χ2v) is 44.5. The van der Waals surface area contributed by atoms with Crippen LogP contribution in [0.4, 0.5) is 10.0 Å². The molecule has 18 nitrogen and oxygen atoms in total. The number of amides is 1. The van der Waals surface area contributed by atoms with Crippen LogP contribution in [-0.2, 0) is 38.3 Å². The fraction of sp³-hybridized carbons (Fsp3) is 0.417. The van der Waals surface area contributed by atoms with Crippen LogP contribution in [0.2, 0.25) is 0 Å². The SMILES string of the molecule is CCOC(=O)c1nc(C)sc1N.CCOC(=O)c1ncsc1N.[C-]#[N+]/C(=N\O)C(=O)OCC.[C-]#[N+]C(NC=O)C(=O)OCC.[I][V]([I])[I]. The molecule has 0 saturated carbocycles. The molecule has 0 bridgehead atoms.